The molecule has 0 aliphatic rings. The number of benzene rings is 2. The van der Waals surface area contributed by atoms with Crippen molar-refractivity contribution in [2.75, 3.05) is 32.6 Å². The van der Waals surface area contributed by atoms with Crippen molar-refractivity contribution in [3.63, 3.8) is 0 Å². The Balaban J connectivity index is 1.86. The highest BCUT2D eigenvalue weighted by molar-refractivity contribution is 5.89. The molecule has 9 heteroatoms. The number of hydrogen-bond donors (Lipinski definition) is 1. The number of halogens is 4. The Morgan fingerprint density at radius 1 is 1.17 bits per heavy atom. The van der Waals surface area contributed by atoms with Crippen LogP contribution < -0.4 is 10.1 Å². The molecule has 0 aliphatic heterocycles. The number of hydrogen-bond acceptors (Lipinski definition) is 3. The van der Waals surface area contributed by atoms with Gasteiger partial charge in [-0.2, -0.15) is 8.78 Å². The number of anilines is 1. The van der Waals surface area contributed by atoms with Crippen LogP contribution in [-0.4, -0.2) is 50.6 Å². The molecule has 0 radical (unpaired) electrons. The lowest BCUT2D eigenvalue weighted by Gasteiger charge is -2.19. The van der Waals surface area contributed by atoms with Gasteiger partial charge in [0.15, 0.2) is 0 Å². The first kappa shape index (κ1) is 23.5. The van der Waals surface area contributed by atoms with Gasteiger partial charge in [0.25, 0.3) is 0 Å². The van der Waals surface area contributed by atoms with Gasteiger partial charge in [0.05, 0.1) is 13.7 Å². The van der Waals surface area contributed by atoms with Crippen LogP contribution >= 0.6 is 0 Å². The molecule has 2 rings (SSSR count). The third kappa shape index (κ3) is 6.91. The molecule has 164 valence electrons. The predicted molar refractivity (Wildman–Crippen MR) is 105 cm³/mol. The minimum Gasteiger partial charge on any atom is -0.496 e. The average Bonchev–Trinajstić information content (AvgIpc) is 2.72. The second kappa shape index (κ2) is 10.8. The van der Waals surface area contributed by atoms with E-state index in [1.54, 1.807) is 32.4 Å². The third-order valence-electron chi connectivity index (χ3n) is 4.32. The fourth-order valence-electron chi connectivity index (χ4n) is 2.62. The first-order valence-electron chi connectivity index (χ1n) is 9.19. The molecule has 0 unspecified atom stereocenters. The molecule has 2 aromatic carbocycles. The smallest absolute Gasteiger partial charge is 0.330 e. The van der Waals surface area contributed by atoms with Crippen LogP contribution in [0.15, 0.2) is 48.5 Å². The maximum absolute atomic E-state index is 12.9. The highest BCUT2D eigenvalue weighted by Gasteiger charge is 2.40. The number of carbonyl (C=O) groups excluding carboxylic acids is 1. The number of nitrogens with zero attached hydrogens (tertiary/aromatic N) is 1. The largest absolute Gasteiger partial charge is 0.496 e. The lowest BCUT2D eigenvalue weighted by molar-refractivity contribution is -0.168. The van der Waals surface area contributed by atoms with E-state index in [9.17, 15) is 22.4 Å². The van der Waals surface area contributed by atoms with Crippen LogP contribution in [0, 0.1) is 0 Å². The quantitative estimate of drug-likeness (QED) is 0.552. The van der Waals surface area contributed by atoms with E-state index in [4.69, 9.17) is 9.47 Å². The summed E-state index contributed by atoms with van der Waals surface area (Å²) in [5.41, 5.74) is 1.87. The summed E-state index contributed by atoms with van der Waals surface area (Å²) in [6.45, 7) is -1.22. The zero-order chi connectivity index (χ0) is 22.1. The molecule has 30 heavy (non-hydrogen) atoms. The number of ether oxygens (including phenoxy) is 2. The molecule has 0 bridgehead atoms. The molecular formula is C21H24F4N2O3. The summed E-state index contributed by atoms with van der Waals surface area (Å²) in [5.74, 6) is -3.45. The van der Waals surface area contributed by atoms with Crippen LogP contribution in [0.3, 0.4) is 0 Å². The number of methoxy groups -OCH3 is 1. The third-order valence-corrected chi connectivity index (χ3v) is 4.32. The number of rotatable bonds is 10. The van der Waals surface area contributed by atoms with E-state index in [0.717, 1.165) is 11.3 Å². The number of nitrogens with one attached hydrogen (secondary N) is 1. The Bertz CT molecular complexity index is 833. The summed E-state index contributed by atoms with van der Waals surface area (Å²) in [4.78, 5) is 13.9. The monoisotopic (exact) mass is 428 g/mol. The van der Waals surface area contributed by atoms with E-state index >= 15 is 0 Å². The van der Waals surface area contributed by atoms with Crippen molar-refractivity contribution in [1.82, 2.24) is 4.90 Å². The zero-order valence-electron chi connectivity index (χ0n) is 16.7. The molecule has 0 aromatic heterocycles. The highest BCUT2D eigenvalue weighted by atomic mass is 19.3. The van der Waals surface area contributed by atoms with Gasteiger partial charge in [-0.15, -0.1) is 0 Å². The van der Waals surface area contributed by atoms with Crippen molar-refractivity contribution < 1.29 is 31.8 Å². The summed E-state index contributed by atoms with van der Waals surface area (Å²) in [7, 11) is 3.23. The Labute approximate surface area is 172 Å². The van der Waals surface area contributed by atoms with E-state index in [1.807, 2.05) is 24.3 Å². The van der Waals surface area contributed by atoms with Gasteiger partial charge in [0.1, 0.15) is 12.4 Å². The number of carbonyl (C=O) groups is 1. The van der Waals surface area contributed by atoms with Crippen molar-refractivity contribution in [3.8, 4) is 5.75 Å². The molecule has 0 saturated carbocycles. The summed E-state index contributed by atoms with van der Waals surface area (Å²) in [6, 6.07) is 13.5. The molecule has 1 N–H and O–H groups in total. The van der Waals surface area contributed by atoms with E-state index < -0.39 is 19.0 Å². The van der Waals surface area contributed by atoms with Crippen LogP contribution in [0.2, 0.25) is 0 Å². The second-order valence-corrected chi connectivity index (χ2v) is 6.67. The lowest BCUT2D eigenvalue weighted by Crippen LogP contribution is -2.33. The number of urea groups is 1. The van der Waals surface area contributed by atoms with Crippen molar-refractivity contribution >= 4 is 11.7 Å². The van der Waals surface area contributed by atoms with Crippen LogP contribution in [0.25, 0.3) is 0 Å². The van der Waals surface area contributed by atoms with Gasteiger partial charge >= 0.3 is 18.4 Å². The standard InChI is InChI=1S/C21H24F4N2O3/c1-27(11-10-16-7-3-4-9-18(16)29-2)20(28)26-17-8-5-6-15(12-17)13-30-14-21(24,25)19(22)23/h3-9,12,19H,10-11,13-14H2,1-2H3,(H,26,28). The van der Waals surface area contributed by atoms with Gasteiger partial charge in [0, 0.05) is 19.3 Å². The van der Waals surface area contributed by atoms with E-state index in [1.165, 1.54) is 11.0 Å². The Kier molecular flexibility index (Phi) is 8.46. The maximum Gasteiger partial charge on any atom is 0.330 e. The summed E-state index contributed by atoms with van der Waals surface area (Å²) >= 11 is 0. The number of alkyl halides is 4. The van der Waals surface area contributed by atoms with Crippen molar-refractivity contribution in [2.45, 2.75) is 25.4 Å². The number of amides is 2. The Morgan fingerprint density at radius 2 is 1.90 bits per heavy atom. The maximum atomic E-state index is 12.9. The van der Waals surface area contributed by atoms with Crippen LogP contribution in [0.4, 0.5) is 28.0 Å². The molecule has 0 fully saturated rings. The van der Waals surface area contributed by atoms with Gasteiger partial charge in [-0.3, -0.25) is 0 Å². The van der Waals surface area contributed by atoms with Gasteiger partial charge in [-0.25, -0.2) is 13.6 Å². The molecule has 0 heterocycles. The SMILES string of the molecule is COc1ccccc1CCN(C)C(=O)Nc1cccc(COCC(F)(F)C(F)F)c1. The van der Waals surface area contributed by atoms with Crippen molar-refractivity contribution in [1.29, 1.82) is 0 Å². The van der Waals surface area contributed by atoms with Crippen LogP contribution in [0.1, 0.15) is 11.1 Å². The van der Waals surface area contributed by atoms with Gasteiger partial charge < -0.3 is 19.7 Å². The highest BCUT2D eigenvalue weighted by Crippen LogP contribution is 2.23. The molecule has 0 spiro atoms. The fourth-order valence-corrected chi connectivity index (χ4v) is 2.62. The van der Waals surface area contributed by atoms with Gasteiger partial charge in [-0.05, 0) is 35.7 Å². The fraction of sp³-hybridized carbons (Fsp3) is 0.381. The summed E-state index contributed by atoms with van der Waals surface area (Å²) in [5, 5.41) is 2.70. The van der Waals surface area contributed by atoms with E-state index in [-0.39, 0.29) is 12.6 Å². The first-order valence-corrected chi connectivity index (χ1v) is 9.19. The van der Waals surface area contributed by atoms with Crippen molar-refractivity contribution in [3.05, 3.63) is 59.7 Å². The normalized spacial score (nSPS) is 11.4. The van der Waals surface area contributed by atoms with Gasteiger partial charge in [-0.1, -0.05) is 30.3 Å². The molecule has 0 saturated heterocycles. The first-order chi connectivity index (χ1) is 14.2. The van der Waals surface area contributed by atoms with E-state index in [2.05, 4.69) is 5.32 Å². The van der Waals surface area contributed by atoms with Crippen LogP contribution in [-0.2, 0) is 17.8 Å². The molecule has 5 nitrogen and oxygen atoms in total. The predicted octanol–water partition coefficient (Wildman–Crippen LogP) is 4.82. The summed E-state index contributed by atoms with van der Waals surface area (Å²) in [6.07, 6.45) is -3.19. The molecule has 0 atom stereocenters. The molecular weight excluding hydrogens is 404 g/mol. The zero-order valence-corrected chi connectivity index (χ0v) is 16.7. The second-order valence-electron chi connectivity index (χ2n) is 6.67. The summed E-state index contributed by atoms with van der Waals surface area (Å²) < 4.78 is 60.1. The average molecular weight is 428 g/mol. The minimum atomic E-state index is -4.20. The molecule has 2 amide bonds. The molecule has 2 aromatic rings. The van der Waals surface area contributed by atoms with Crippen molar-refractivity contribution in [2.24, 2.45) is 0 Å². The lowest BCUT2D eigenvalue weighted by atomic mass is 10.1. The number of para-hydroxylation sites is 1. The molecule has 0 aliphatic carbocycles. The Hall–Kier alpha value is -2.81. The van der Waals surface area contributed by atoms with Crippen LogP contribution in [0.5, 0.6) is 5.75 Å². The Morgan fingerprint density at radius 3 is 2.60 bits per heavy atom. The van der Waals surface area contributed by atoms with E-state index in [0.29, 0.717) is 24.2 Å². The van der Waals surface area contributed by atoms with Gasteiger partial charge in [0.2, 0.25) is 0 Å². The minimum absolute atomic E-state index is 0.282. The number of likely N-dealkylation sites (N-methyl/N-ethyl adjacent to an activating group) is 1. The topological polar surface area (TPSA) is 50.8 Å².